The number of aliphatic hydroxyl groups is 2. The maximum atomic E-state index is 13.3. The molecule has 2 fully saturated rings. The average Bonchev–Trinajstić information content (AvgIpc) is 3.39. The Bertz CT molecular complexity index is 1070. The number of amides is 1. The summed E-state index contributed by atoms with van der Waals surface area (Å²) in [7, 11) is 0. The summed E-state index contributed by atoms with van der Waals surface area (Å²) in [6.45, 7) is 12.6. The fourth-order valence-electron chi connectivity index (χ4n) is 5.56. The molecular weight excluding hydrogens is 520 g/mol. The van der Waals surface area contributed by atoms with Crippen LogP contribution in [-0.4, -0.2) is 74.9 Å². The first-order valence-corrected chi connectivity index (χ1v) is 14.8. The van der Waals surface area contributed by atoms with Crippen LogP contribution in [0.4, 0.5) is 4.79 Å². The summed E-state index contributed by atoms with van der Waals surface area (Å²) >= 11 is 1.52. The van der Waals surface area contributed by atoms with Crippen LogP contribution in [-0.2, 0) is 19.1 Å². The zero-order chi connectivity index (χ0) is 29.1. The first kappa shape index (κ1) is 31.2. The average molecular weight is 565 g/mol. The first-order valence-electron chi connectivity index (χ1n) is 13.9. The second kappa shape index (κ2) is 12.9. The molecule has 9 nitrogen and oxygen atoms in total. The topological polar surface area (TPSA) is 126 Å². The van der Waals surface area contributed by atoms with Crippen LogP contribution >= 0.6 is 11.3 Å². The van der Waals surface area contributed by atoms with Crippen molar-refractivity contribution >= 4 is 35.3 Å². The first-order chi connectivity index (χ1) is 18.3. The van der Waals surface area contributed by atoms with E-state index in [1.54, 1.807) is 32.6 Å². The minimum Gasteiger partial charge on any atom is -0.458 e. The Morgan fingerprint density at radius 3 is 2.56 bits per heavy atom. The van der Waals surface area contributed by atoms with Crippen LogP contribution in [0, 0.1) is 24.2 Å². The van der Waals surface area contributed by atoms with Crippen molar-refractivity contribution in [1.82, 2.24) is 9.88 Å². The van der Waals surface area contributed by atoms with Gasteiger partial charge in [-0.2, -0.15) is 0 Å². The fourth-order valence-corrected chi connectivity index (χ4v) is 6.13. The highest BCUT2D eigenvalue weighted by Gasteiger charge is 2.52. The van der Waals surface area contributed by atoms with Gasteiger partial charge in [-0.25, -0.2) is 9.78 Å². The normalized spacial score (nSPS) is 32.8. The van der Waals surface area contributed by atoms with Crippen molar-refractivity contribution in [2.75, 3.05) is 6.61 Å². The third-order valence-electron chi connectivity index (χ3n) is 8.29. The molecule has 1 aromatic rings. The van der Waals surface area contributed by atoms with Crippen LogP contribution < -0.4 is 0 Å². The van der Waals surface area contributed by atoms with Gasteiger partial charge < -0.3 is 19.7 Å². The standard InChI is InChI=1S/C29H44N2O7S/c1-8-37-28(36)31-21-11-9-10-16(2)26(34)18(4)27(35)29(6,7)24(32)14-25(33)38-23(13-22(21)31)17(3)12-20-15-39-19(5)30-20/h12,15-16,18,21-24,26,32,34H,8-11,13-14H2,1-7H3/b17-12+/t16-,18+,21+,22-,23-,24-,26?,31?/m0/s1. The Labute approximate surface area is 235 Å². The summed E-state index contributed by atoms with van der Waals surface area (Å²) in [4.78, 5) is 45.3. The number of aliphatic hydroxyl groups excluding tert-OH is 2. The van der Waals surface area contributed by atoms with E-state index in [2.05, 4.69) is 4.98 Å². The molecule has 3 heterocycles. The van der Waals surface area contributed by atoms with E-state index < -0.39 is 41.7 Å². The van der Waals surface area contributed by atoms with Gasteiger partial charge in [0.05, 0.1) is 53.4 Å². The molecule has 0 saturated carbocycles. The maximum Gasteiger partial charge on any atom is 0.410 e. The zero-order valence-corrected chi connectivity index (χ0v) is 25.0. The van der Waals surface area contributed by atoms with Gasteiger partial charge in [0.15, 0.2) is 0 Å². The molecule has 0 bridgehead atoms. The molecule has 10 heteroatoms. The lowest BCUT2D eigenvalue weighted by molar-refractivity contribution is -0.154. The summed E-state index contributed by atoms with van der Waals surface area (Å²) < 4.78 is 11.2. The van der Waals surface area contributed by atoms with Gasteiger partial charge in [0, 0.05) is 17.7 Å². The monoisotopic (exact) mass is 564 g/mol. The van der Waals surface area contributed by atoms with Gasteiger partial charge in [0.2, 0.25) is 0 Å². The lowest BCUT2D eigenvalue weighted by atomic mass is 9.73. The Kier molecular flexibility index (Phi) is 10.3. The number of hydrogen-bond donors (Lipinski definition) is 2. The van der Waals surface area contributed by atoms with Gasteiger partial charge in [0.1, 0.15) is 11.9 Å². The van der Waals surface area contributed by atoms with E-state index in [0.29, 0.717) is 19.3 Å². The van der Waals surface area contributed by atoms with E-state index in [-0.39, 0.29) is 36.8 Å². The van der Waals surface area contributed by atoms with Crippen LogP contribution in [0.5, 0.6) is 0 Å². The number of aromatic nitrogens is 1. The summed E-state index contributed by atoms with van der Waals surface area (Å²) in [5, 5.41) is 24.7. The molecule has 0 spiro atoms. The minimum absolute atomic E-state index is 0.0691. The predicted molar refractivity (Wildman–Crippen MR) is 149 cm³/mol. The van der Waals surface area contributed by atoms with Gasteiger partial charge in [-0.3, -0.25) is 14.5 Å². The Morgan fingerprint density at radius 1 is 1.26 bits per heavy atom. The molecule has 0 aliphatic carbocycles. The molecule has 1 amide bonds. The van der Waals surface area contributed by atoms with Crippen molar-refractivity contribution in [3.63, 3.8) is 0 Å². The highest BCUT2D eigenvalue weighted by molar-refractivity contribution is 7.09. The second-order valence-electron chi connectivity index (χ2n) is 11.6. The third kappa shape index (κ3) is 7.46. The summed E-state index contributed by atoms with van der Waals surface area (Å²) in [6, 6.07) is -0.238. The summed E-state index contributed by atoms with van der Waals surface area (Å²) in [6.07, 6.45) is 0.824. The number of carbonyl (C=O) groups excluding carboxylic acids is 3. The van der Waals surface area contributed by atoms with Gasteiger partial charge in [-0.05, 0) is 51.2 Å². The van der Waals surface area contributed by atoms with E-state index in [1.165, 1.54) is 11.3 Å². The quantitative estimate of drug-likeness (QED) is 0.405. The third-order valence-corrected chi connectivity index (χ3v) is 9.09. The number of rotatable bonds is 3. The van der Waals surface area contributed by atoms with E-state index >= 15 is 0 Å². The minimum atomic E-state index is -1.29. The number of hydrogen-bond acceptors (Lipinski definition) is 9. The molecule has 2 saturated heterocycles. The van der Waals surface area contributed by atoms with Crippen LogP contribution in [0.2, 0.25) is 0 Å². The number of cyclic esters (lactones) is 1. The van der Waals surface area contributed by atoms with Crippen molar-refractivity contribution < 1.29 is 34.1 Å². The Morgan fingerprint density at radius 2 is 1.95 bits per heavy atom. The van der Waals surface area contributed by atoms with Crippen molar-refractivity contribution in [3.05, 3.63) is 21.7 Å². The molecule has 2 aliphatic rings. The highest BCUT2D eigenvalue weighted by Crippen LogP contribution is 2.40. The van der Waals surface area contributed by atoms with Crippen LogP contribution in [0.25, 0.3) is 6.08 Å². The predicted octanol–water partition coefficient (Wildman–Crippen LogP) is 4.53. The Balaban J connectivity index is 1.92. The molecule has 218 valence electrons. The van der Waals surface area contributed by atoms with E-state index in [9.17, 15) is 24.6 Å². The fraction of sp³-hybridized carbons (Fsp3) is 0.724. The largest absolute Gasteiger partial charge is 0.458 e. The summed E-state index contributed by atoms with van der Waals surface area (Å²) in [5.74, 6) is -1.79. The van der Waals surface area contributed by atoms with Gasteiger partial charge in [-0.15, -0.1) is 11.3 Å². The van der Waals surface area contributed by atoms with Gasteiger partial charge in [0.25, 0.3) is 0 Å². The van der Waals surface area contributed by atoms with Gasteiger partial charge >= 0.3 is 12.1 Å². The van der Waals surface area contributed by atoms with Gasteiger partial charge in [-0.1, -0.05) is 34.1 Å². The number of esters is 1. The van der Waals surface area contributed by atoms with E-state index in [4.69, 9.17) is 9.47 Å². The van der Waals surface area contributed by atoms with Crippen LogP contribution in [0.3, 0.4) is 0 Å². The molecule has 7 atom stereocenters. The molecular formula is C29H44N2O7S. The maximum absolute atomic E-state index is 13.3. The van der Waals surface area contributed by atoms with Crippen LogP contribution in [0.1, 0.15) is 84.3 Å². The smallest absolute Gasteiger partial charge is 0.410 e. The molecule has 2 aliphatic heterocycles. The number of aryl methyl sites for hydroxylation is 1. The number of Topliss-reactive ketones (excluding diaryl/α,β-unsaturated/α-hetero) is 1. The SMILES string of the molecule is CCOC(=O)N1[C@@H]2CCC[C@H](C)C(O)[C@@H](C)C(=O)C(C)(C)[C@@H](O)CC(=O)O[C@H](/C(C)=C/c3csc(C)n3)C[C@@H]21. The van der Waals surface area contributed by atoms with Crippen molar-refractivity contribution in [2.24, 2.45) is 17.3 Å². The highest BCUT2D eigenvalue weighted by atomic mass is 32.1. The van der Waals surface area contributed by atoms with E-state index in [1.807, 2.05) is 32.2 Å². The number of thiazole rings is 1. The number of fused-ring (bicyclic) bond motifs is 1. The lowest BCUT2D eigenvalue weighted by Crippen LogP contribution is -2.45. The van der Waals surface area contributed by atoms with Crippen LogP contribution in [0.15, 0.2) is 11.0 Å². The molecule has 1 unspecified atom stereocenters. The van der Waals surface area contributed by atoms with Crippen molar-refractivity contribution in [1.29, 1.82) is 0 Å². The molecule has 0 aromatic carbocycles. The number of ether oxygens (including phenoxy) is 2. The number of carbonyl (C=O) groups is 3. The van der Waals surface area contributed by atoms with Crippen molar-refractivity contribution in [2.45, 2.75) is 111 Å². The molecule has 0 radical (unpaired) electrons. The number of ketones is 1. The summed E-state index contributed by atoms with van der Waals surface area (Å²) in [5.41, 5.74) is 0.289. The van der Waals surface area contributed by atoms with Crippen molar-refractivity contribution in [3.8, 4) is 0 Å². The molecule has 2 N–H and O–H groups in total. The molecule has 3 rings (SSSR count). The Hall–Kier alpha value is -2.30. The zero-order valence-electron chi connectivity index (χ0n) is 24.2. The molecule has 1 aromatic heterocycles. The number of nitrogens with zero attached hydrogens (tertiary/aromatic N) is 2. The lowest BCUT2D eigenvalue weighted by Gasteiger charge is -2.34. The second-order valence-corrected chi connectivity index (χ2v) is 12.7. The molecule has 39 heavy (non-hydrogen) atoms. The van der Waals surface area contributed by atoms with E-state index in [0.717, 1.165) is 22.7 Å².